The molecule has 2 aromatic rings. The second-order valence-corrected chi connectivity index (χ2v) is 5.63. The third-order valence-corrected chi connectivity index (χ3v) is 3.92. The number of hydrogen-bond acceptors (Lipinski definition) is 3. The van der Waals surface area contributed by atoms with Gasteiger partial charge >= 0.3 is 0 Å². The monoisotopic (exact) mass is 337 g/mol. The van der Waals surface area contributed by atoms with Crippen LogP contribution in [0.5, 0.6) is 0 Å². The van der Waals surface area contributed by atoms with Crippen molar-refractivity contribution in [3.63, 3.8) is 0 Å². The number of nitrogens with zero attached hydrogens (tertiary/aromatic N) is 1. The Kier molecular flexibility index (Phi) is 4.71. The van der Waals surface area contributed by atoms with E-state index in [9.17, 15) is 0 Å². The zero-order valence-electron chi connectivity index (χ0n) is 10.9. The summed E-state index contributed by atoms with van der Waals surface area (Å²) in [6.45, 7) is 4.20. The highest BCUT2D eigenvalue weighted by molar-refractivity contribution is 9.10. The molecular formula is C14H16BrN3S. The molecule has 0 aliphatic heterocycles. The maximum absolute atomic E-state index is 5.25. The Morgan fingerprint density at radius 1 is 1.37 bits per heavy atom. The van der Waals surface area contributed by atoms with E-state index in [2.05, 4.69) is 57.2 Å². The zero-order valence-corrected chi connectivity index (χ0v) is 13.3. The van der Waals surface area contributed by atoms with Gasteiger partial charge in [0, 0.05) is 16.1 Å². The molecule has 19 heavy (non-hydrogen) atoms. The molecule has 1 heterocycles. The third kappa shape index (κ3) is 3.42. The van der Waals surface area contributed by atoms with E-state index in [4.69, 9.17) is 12.2 Å². The van der Waals surface area contributed by atoms with Gasteiger partial charge in [-0.1, -0.05) is 47.2 Å². The van der Waals surface area contributed by atoms with E-state index in [-0.39, 0.29) is 6.04 Å². The third-order valence-electron chi connectivity index (χ3n) is 3.04. The van der Waals surface area contributed by atoms with Crippen LogP contribution in [0.3, 0.4) is 0 Å². The van der Waals surface area contributed by atoms with Gasteiger partial charge in [-0.15, -0.1) is 0 Å². The second-order valence-electron chi connectivity index (χ2n) is 4.33. The molecule has 0 bridgehead atoms. The Morgan fingerprint density at radius 3 is 2.68 bits per heavy atom. The van der Waals surface area contributed by atoms with Gasteiger partial charge in [0.25, 0.3) is 0 Å². The van der Waals surface area contributed by atoms with Crippen LogP contribution in [-0.2, 0) is 6.42 Å². The number of aromatic nitrogens is 2. The first-order valence-electron chi connectivity index (χ1n) is 6.20. The molecule has 2 N–H and O–H groups in total. The van der Waals surface area contributed by atoms with Crippen molar-refractivity contribution in [2.75, 3.05) is 5.32 Å². The number of aromatic amines is 1. The van der Waals surface area contributed by atoms with Crippen molar-refractivity contribution >= 4 is 34.0 Å². The standard InChI is InChI=1S/C14H16BrN3S/c1-3-12-13(16-8-17-14(12)19)18-9(2)10-4-6-11(15)7-5-10/h4-9H,3H2,1-2H3,(H2,16,17,18,19)/t9-/m0/s1. The van der Waals surface area contributed by atoms with Crippen molar-refractivity contribution in [2.45, 2.75) is 26.3 Å². The fourth-order valence-electron chi connectivity index (χ4n) is 1.94. The predicted octanol–water partition coefficient (Wildman–Crippen LogP) is 4.64. The lowest BCUT2D eigenvalue weighted by molar-refractivity contribution is 0.861. The van der Waals surface area contributed by atoms with Crippen LogP contribution in [0, 0.1) is 4.64 Å². The summed E-state index contributed by atoms with van der Waals surface area (Å²) in [4.78, 5) is 7.26. The van der Waals surface area contributed by atoms with Crippen LogP contribution in [0.25, 0.3) is 0 Å². The lowest BCUT2D eigenvalue weighted by atomic mass is 10.1. The Labute approximate surface area is 126 Å². The molecule has 0 aliphatic carbocycles. The molecular weight excluding hydrogens is 322 g/mol. The average molecular weight is 338 g/mol. The molecule has 1 aromatic heterocycles. The summed E-state index contributed by atoms with van der Waals surface area (Å²) >= 11 is 8.69. The maximum Gasteiger partial charge on any atom is 0.134 e. The van der Waals surface area contributed by atoms with Crippen LogP contribution < -0.4 is 5.32 Å². The number of nitrogens with one attached hydrogen (secondary N) is 2. The van der Waals surface area contributed by atoms with Gasteiger partial charge in [-0.3, -0.25) is 0 Å². The summed E-state index contributed by atoms with van der Waals surface area (Å²) in [7, 11) is 0. The molecule has 100 valence electrons. The number of H-pyrrole nitrogens is 1. The highest BCUT2D eigenvalue weighted by Gasteiger charge is 2.09. The maximum atomic E-state index is 5.25. The van der Waals surface area contributed by atoms with E-state index in [1.807, 2.05) is 12.1 Å². The molecule has 0 saturated heterocycles. The second kappa shape index (κ2) is 6.30. The molecule has 0 saturated carbocycles. The van der Waals surface area contributed by atoms with Crippen LogP contribution in [0.2, 0.25) is 0 Å². The Hall–Kier alpha value is -1.20. The van der Waals surface area contributed by atoms with Crippen molar-refractivity contribution in [1.82, 2.24) is 9.97 Å². The van der Waals surface area contributed by atoms with Gasteiger partial charge in [-0.05, 0) is 31.0 Å². The average Bonchev–Trinajstić information content (AvgIpc) is 2.39. The van der Waals surface area contributed by atoms with Crippen molar-refractivity contribution in [3.05, 3.63) is 50.8 Å². The van der Waals surface area contributed by atoms with Crippen LogP contribution in [-0.4, -0.2) is 9.97 Å². The first kappa shape index (κ1) is 14.2. The quantitative estimate of drug-likeness (QED) is 0.798. The summed E-state index contributed by atoms with van der Waals surface area (Å²) in [6, 6.07) is 8.49. The molecule has 2 rings (SSSR count). The number of benzene rings is 1. The van der Waals surface area contributed by atoms with E-state index in [0.717, 1.165) is 22.3 Å². The zero-order chi connectivity index (χ0) is 13.8. The molecule has 0 amide bonds. The van der Waals surface area contributed by atoms with Crippen LogP contribution >= 0.6 is 28.1 Å². The fraction of sp³-hybridized carbons (Fsp3) is 0.286. The van der Waals surface area contributed by atoms with Gasteiger partial charge < -0.3 is 10.3 Å². The topological polar surface area (TPSA) is 40.7 Å². The molecule has 0 fully saturated rings. The SMILES string of the molecule is CCc1c(N[C@@H](C)c2ccc(Br)cc2)[nH]cnc1=S. The van der Waals surface area contributed by atoms with Gasteiger partial charge in [-0.25, -0.2) is 4.98 Å². The minimum Gasteiger partial charge on any atom is -0.365 e. The molecule has 0 radical (unpaired) electrons. The van der Waals surface area contributed by atoms with Gasteiger partial charge in [0.2, 0.25) is 0 Å². The summed E-state index contributed by atoms with van der Waals surface area (Å²) in [6.07, 6.45) is 2.50. The summed E-state index contributed by atoms with van der Waals surface area (Å²) in [5.41, 5.74) is 2.28. The van der Waals surface area contributed by atoms with Crippen LogP contribution in [0.4, 0.5) is 5.82 Å². The van der Waals surface area contributed by atoms with Crippen LogP contribution in [0.1, 0.15) is 31.0 Å². The molecule has 5 heteroatoms. The molecule has 0 aliphatic rings. The van der Waals surface area contributed by atoms with Crippen molar-refractivity contribution in [3.8, 4) is 0 Å². The largest absolute Gasteiger partial charge is 0.365 e. The first-order valence-corrected chi connectivity index (χ1v) is 7.40. The lowest BCUT2D eigenvalue weighted by Gasteiger charge is -2.17. The highest BCUT2D eigenvalue weighted by atomic mass is 79.9. The van der Waals surface area contributed by atoms with E-state index in [0.29, 0.717) is 4.64 Å². The molecule has 1 aromatic carbocycles. The van der Waals surface area contributed by atoms with Gasteiger partial charge in [-0.2, -0.15) is 0 Å². The number of halogens is 1. The van der Waals surface area contributed by atoms with E-state index >= 15 is 0 Å². The summed E-state index contributed by atoms with van der Waals surface area (Å²) in [5.74, 6) is 0.956. The first-order chi connectivity index (χ1) is 9.11. The molecule has 0 spiro atoms. The molecule has 3 nitrogen and oxygen atoms in total. The van der Waals surface area contributed by atoms with Crippen molar-refractivity contribution in [1.29, 1.82) is 0 Å². The number of anilines is 1. The van der Waals surface area contributed by atoms with Gasteiger partial charge in [0.15, 0.2) is 0 Å². The van der Waals surface area contributed by atoms with Gasteiger partial charge in [0.1, 0.15) is 10.5 Å². The van der Waals surface area contributed by atoms with Crippen molar-refractivity contribution in [2.24, 2.45) is 0 Å². The Bertz CT molecular complexity index is 607. The smallest absolute Gasteiger partial charge is 0.134 e. The Balaban J connectivity index is 2.24. The Morgan fingerprint density at radius 2 is 2.05 bits per heavy atom. The van der Waals surface area contributed by atoms with E-state index in [1.54, 1.807) is 6.33 Å². The van der Waals surface area contributed by atoms with Crippen molar-refractivity contribution < 1.29 is 0 Å². The minimum absolute atomic E-state index is 0.200. The number of rotatable bonds is 4. The predicted molar refractivity (Wildman–Crippen MR) is 85.0 cm³/mol. The van der Waals surface area contributed by atoms with E-state index < -0.39 is 0 Å². The van der Waals surface area contributed by atoms with Crippen LogP contribution in [0.15, 0.2) is 35.1 Å². The highest BCUT2D eigenvalue weighted by Crippen LogP contribution is 2.22. The van der Waals surface area contributed by atoms with E-state index in [1.165, 1.54) is 5.56 Å². The fourth-order valence-corrected chi connectivity index (χ4v) is 2.50. The normalized spacial score (nSPS) is 12.2. The molecule has 0 unspecified atom stereocenters. The lowest BCUT2D eigenvalue weighted by Crippen LogP contribution is -2.10. The minimum atomic E-state index is 0.200. The van der Waals surface area contributed by atoms with Gasteiger partial charge in [0.05, 0.1) is 6.33 Å². The number of hydrogen-bond donors (Lipinski definition) is 2. The summed E-state index contributed by atoms with van der Waals surface area (Å²) in [5, 5.41) is 3.46. The summed E-state index contributed by atoms with van der Waals surface area (Å²) < 4.78 is 1.74. The molecule has 1 atom stereocenters.